The van der Waals surface area contributed by atoms with Crippen molar-refractivity contribution in [3.63, 3.8) is 0 Å². The van der Waals surface area contributed by atoms with Crippen LogP contribution in [0.3, 0.4) is 0 Å². The molecular weight excluding hydrogens is 296 g/mol. The molecule has 2 aromatic rings. The van der Waals surface area contributed by atoms with Crippen LogP contribution in [-0.2, 0) is 4.79 Å². The molecule has 0 amide bonds. The number of hydrogen-bond donors (Lipinski definition) is 0. The van der Waals surface area contributed by atoms with Crippen molar-refractivity contribution in [2.45, 2.75) is 26.2 Å². The van der Waals surface area contributed by atoms with Gasteiger partial charge in [0.25, 0.3) is 0 Å². The Morgan fingerprint density at radius 3 is 2.64 bits per heavy atom. The summed E-state index contributed by atoms with van der Waals surface area (Å²) >= 11 is 1.36. The molecule has 1 heterocycles. The second-order valence-electron chi connectivity index (χ2n) is 5.07. The number of aromatic nitrogens is 1. The molecule has 1 aromatic carbocycles. The summed E-state index contributed by atoms with van der Waals surface area (Å²) in [5.41, 5.74) is 1.72. The van der Waals surface area contributed by atoms with Crippen molar-refractivity contribution in [1.29, 1.82) is 5.26 Å². The van der Waals surface area contributed by atoms with Crippen molar-refractivity contribution in [1.82, 2.24) is 4.98 Å². The van der Waals surface area contributed by atoms with Gasteiger partial charge in [0.2, 0.25) is 0 Å². The first-order valence-electron chi connectivity index (χ1n) is 7.13. The molecule has 2 atom stereocenters. The van der Waals surface area contributed by atoms with Crippen molar-refractivity contribution in [3.8, 4) is 23.1 Å². The van der Waals surface area contributed by atoms with E-state index in [1.54, 1.807) is 7.11 Å². The molecule has 0 radical (unpaired) electrons. The maximum atomic E-state index is 12.3. The van der Waals surface area contributed by atoms with Crippen LogP contribution in [0.15, 0.2) is 29.6 Å². The Bertz CT molecular complexity index is 685. The monoisotopic (exact) mass is 314 g/mol. The summed E-state index contributed by atoms with van der Waals surface area (Å²) < 4.78 is 5.13. The molecule has 22 heavy (non-hydrogen) atoms. The maximum absolute atomic E-state index is 12.3. The van der Waals surface area contributed by atoms with Crippen LogP contribution in [0.25, 0.3) is 11.3 Å². The zero-order valence-corrected chi connectivity index (χ0v) is 13.7. The highest BCUT2D eigenvalue weighted by Crippen LogP contribution is 2.29. The van der Waals surface area contributed by atoms with E-state index in [2.05, 4.69) is 11.1 Å². The molecule has 2 rings (SSSR count). The minimum absolute atomic E-state index is 0.0550. The van der Waals surface area contributed by atoms with E-state index in [0.717, 1.165) is 23.4 Å². The van der Waals surface area contributed by atoms with Gasteiger partial charge in [-0.1, -0.05) is 13.8 Å². The van der Waals surface area contributed by atoms with Gasteiger partial charge in [0.05, 0.1) is 18.9 Å². The average molecular weight is 314 g/mol. The first-order valence-corrected chi connectivity index (χ1v) is 8.01. The Kier molecular flexibility index (Phi) is 5.29. The molecule has 0 saturated heterocycles. The van der Waals surface area contributed by atoms with E-state index in [4.69, 9.17) is 4.74 Å². The number of hydrogen-bond acceptors (Lipinski definition) is 5. The lowest BCUT2D eigenvalue weighted by molar-refractivity contribution is -0.122. The molecule has 1 aromatic heterocycles. The number of carbonyl (C=O) groups excluding carboxylic acids is 1. The zero-order valence-electron chi connectivity index (χ0n) is 12.9. The molecule has 4 nitrogen and oxygen atoms in total. The molecule has 0 saturated carbocycles. The van der Waals surface area contributed by atoms with E-state index in [1.807, 2.05) is 43.5 Å². The van der Waals surface area contributed by atoms with Gasteiger partial charge in [-0.25, -0.2) is 4.98 Å². The minimum atomic E-state index is -0.771. The van der Waals surface area contributed by atoms with Gasteiger partial charge in [0.15, 0.2) is 11.7 Å². The van der Waals surface area contributed by atoms with Crippen molar-refractivity contribution in [2.75, 3.05) is 7.11 Å². The van der Waals surface area contributed by atoms with Crippen molar-refractivity contribution >= 4 is 17.1 Å². The van der Waals surface area contributed by atoms with Crippen LogP contribution in [0.2, 0.25) is 0 Å². The van der Waals surface area contributed by atoms with E-state index in [9.17, 15) is 10.1 Å². The first kappa shape index (κ1) is 16.2. The van der Waals surface area contributed by atoms with Crippen LogP contribution in [-0.4, -0.2) is 17.9 Å². The number of ketones is 1. The lowest BCUT2D eigenvalue weighted by Crippen LogP contribution is -2.18. The normalized spacial score (nSPS) is 13.2. The third-order valence-electron chi connectivity index (χ3n) is 3.67. The van der Waals surface area contributed by atoms with E-state index >= 15 is 0 Å². The standard InChI is InChI=1S/C17H18N2O2S/c1-4-11(2)16(20)14(9-18)17-19-15(10-22-17)12-5-7-13(21-3)8-6-12/h5-8,10-11,14H,4H2,1-3H3/t11-,14-/m0/s1. The van der Waals surface area contributed by atoms with Gasteiger partial charge >= 0.3 is 0 Å². The second kappa shape index (κ2) is 7.19. The molecule has 5 heteroatoms. The number of rotatable bonds is 6. The summed E-state index contributed by atoms with van der Waals surface area (Å²) in [6, 6.07) is 9.64. The molecule has 0 aliphatic carbocycles. The number of methoxy groups -OCH3 is 1. The van der Waals surface area contributed by atoms with E-state index < -0.39 is 5.92 Å². The molecule has 0 unspecified atom stereocenters. The highest BCUT2D eigenvalue weighted by molar-refractivity contribution is 7.10. The Balaban J connectivity index is 2.26. The van der Waals surface area contributed by atoms with E-state index in [1.165, 1.54) is 11.3 Å². The summed E-state index contributed by atoms with van der Waals surface area (Å²) in [5, 5.41) is 11.8. The fourth-order valence-electron chi connectivity index (χ4n) is 2.04. The summed E-state index contributed by atoms with van der Waals surface area (Å²) in [5.74, 6) is -0.174. The summed E-state index contributed by atoms with van der Waals surface area (Å²) in [6.07, 6.45) is 0.730. The Morgan fingerprint density at radius 2 is 2.09 bits per heavy atom. The van der Waals surface area contributed by atoms with Crippen LogP contribution >= 0.6 is 11.3 Å². The summed E-state index contributed by atoms with van der Waals surface area (Å²) in [4.78, 5) is 16.7. The minimum Gasteiger partial charge on any atom is -0.497 e. The van der Waals surface area contributed by atoms with Crippen molar-refractivity contribution < 1.29 is 9.53 Å². The second-order valence-corrected chi connectivity index (χ2v) is 5.96. The zero-order chi connectivity index (χ0) is 16.1. The fourth-order valence-corrected chi connectivity index (χ4v) is 2.92. The number of Topliss-reactive ketones (excluding diaryl/α,β-unsaturated/α-hetero) is 1. The van der Waals surface area contributed by atoms with Gasteiger partial charge < -0.3 is 4.74 Å². The molecule has 0 N–H and O–H groups in total. The van der Waals surface area contributed by atoms with Gasteiger partial charge in [-0.2, -0.15) is 5.26 Å². The highest BCUT2D eigenvalue weighted by atomic mass is 32.1. The Labute approximate surface area is 134 Å². The largest absolute Gasteiger partial charge is 0.497 e. The van der Waals surface area contributed by atoms with Crippen LogP contribution in [0, 0.1) is 17.2 Å². The van der Waals surface area contributed by atoms with Crippen LogP contribution in [0.4, 0.5) is 0 Å². The quantitative estimate of drug-likeness (QED) is 0.807. The van der Waals surface area contributed by atoms with E-state index in [0.29, 0.717) is 5.01 Å². The number of ether oxygens (including phenoxy) is 1. The molecule has 0 spiro atoms. The highest BCUT2D eigenvalue weighted by Gasteiger charge is 2.27. The van der Waals surface area contributed by atoms with E-state index in [-0.39, 0.29) is 11.7 Å². The number of carbonyl (C=O) groups is 1. The van der Waals surface area contributed by atoms with Crippen LogP contribution in [0.5, 0.6) is 5.75 Å². The number of thiazole rings is 1. The summed E-state index contributed by atoms with van der Waals surface area (Å²) in [7, 11) is 1.62. The van der Waals surface area contributed by atoms with Crippen molar-refractivity contribution in [3.05, 3.63) is 34.7 Å². The Hall–Kier alpha value is -2.19. The molecule has 0 bridgehead atoms. The van der Waals surface area contributed by atoms with Gasteiger partial charge in [-0.15, -0.1) is 11.3 Å². The molecule has 0 aliphatic rings. The topological polar surface area (TPSA) is 63.0 Å². The maximum Gasteiger partial charge on any atom is 0.159 e. The number of nitriles is 1. The lowest BCUT2D eigenvalue weighted by Gasteiger charge is -2.10. The molecule has 0 aliphatic heterocycles. The summed E-state index contributed by atoms with van der Waals surface area (Å²) in [6.45, 7) is 3.80. The van der Waals surface area contributed by atoms with Crippen LogP contribution < -0.4 is 4.74 Å². The predicted octanol–water partition coefficient (Wildman–Crippen LogP) is 4.04. The average Bonchev–Trinajstić information content (AvgIpc) is 3.04. The smallest absolute Gasteiger partial charge is 0.159 e. The van der Waals surface area contributed by atoms with Gasteiger partial charge in [0.1, 0.15) is 10.8 Å². The van der Waals surface area contributed by atoms with Gasteiger partial charge in [-0.3, -0.25) is 4.79 Å². The Morgan fingerprint density at radius 1 is 1.41 bits per heavy atom. The van der Waals surface area contributed by atoms with Crippen LogP contribution in [0.1, 0.15) is 31.2 Å². The SMILES string of the molecule is CC[C@H](C)C(=O)[C@H](C#N)c1nc(-c2ccc(OC)cc2)cs1. The van der Waals surface area contributed by atoms with Gasteiger partial charge in [0, 0.05) is 16.9 Å². The molecule has 0 fully saturated rings. The molecular formula is C17H18N2O2S. The third kappa shape index (κ3) is 3.34. The predicted molar refractivity (Wildman–Crippen MR) is 86.9 cm³/mol. The fraction of sp³-hybridized carbons (Fsp3) is 0.353. The molecule has 114 valence electrons. The number of benzene rings is 1. The number of nitrogens with zero attached hydrogens (tertiary/aromatic N) is 2. The van der Waals surface area contributed by atoms with Gasteiger partial charge in [-0.05, 0) is 30.7 Å². The first-order chi connectivity index (χ1) is 10.6. The lowest BCUT2D eigenvalue weighted by atomic mass is 9.93. The third-order valence-corrected chi connectivity index (χ3v) is 4.58. The van der Waals surface area contributed by atoms with Crippen molar-refractivity contribution in [2.24, 2.45) is 5.92 Å².